The summed E-state index contributed by atoms with van der Waals surface area (Å²) in [5.41, 5.74) is 1.73. The van der Waals surface area contributed by atoms with Crippen molar-refractivity contribution in [2.24, 2.45) is 0 Å². The molecule has 21 heavy (non-hydrogen) atoms. The largest absolute Gasteiger partial charge is 1.00 e. The van der Waals surface area contributed by atoms with Crippen LogP contribution in [0.15, 0.2) is 54.7 Å². The van der Waals surface area contributed by atoms with Crippen LogP contribution < -0.4 is 23.0 Å². The quantitative estimate of drug-likeness (QED) is 0.645. The van der Waals surface area contributed by atoms with E-state index in [1.165, 1.54) is 5.56 Å². The third kappa shape index (κ3) is 6.38. The van der Waals surface area contributed by atoms with E-state index >= 15 is 0 Å². The molecule has 2 rings (SSSR count). The molecule has 5 heteroatoms. The van der Waals surface area contributed by atoms with Crippen LogP contribution in [-0.2, 0) is 6.54 Å². The highest BCUT2D eigenvalue weighted by Gasteiger charge is 2.03. The van der Waals surface area contributed by atoms with E-state index in [9.17, 15) is 4.79 Å². The Labute approximate surface area is 131 Å². The first-order valence-corrected chi connectivity index (χ1v) is 6.80. The third-order valence-electron chi connectivity index (χ3n) is 2.89. The summed E-state index contributed by atoms with van der Waals surface area (Å²) in [6.45, 7) is 2.38. The van der Waals surface area contributed by atoms with Gasteiger partial charge in [-0.15, -0.1) is 0 Å². The number of aromatic nitrogens is 1. The first kappa shape index (κ1) is 17.1. The number of halogens is 1. The predicted octanol–water partition coefficient (Wildman–Crippen LogP) is -1.00. The Balaban J connectivity index is 0.00000220. The summed E-state index contributed by atoms with van der Waals surface area (Å²) in [7, 11) is 0. The summed E-state index contributed by atoms with van der Waals surface area (Å²) in [6.07, 6.45) is 2.52. The summed E-state index contributed by atoms with van der Waals surface area (Å²) in [6, 6.07) is 15.6. The molecule has 1 heterocycles. The molecule has 1 amide bonds. The Hall–Kier alpha value is -1.91. The van der Waals surface area contributed by atoms with Gasteiger partial charge in [0.2, 0.25) is 0 Å². The zero-order valence-corrected chi connectivity index (χ0v) is 12.5. The van der Waals surface area contributed by atoms with Gasteiger partial charge in [0, 0.05) is 19.3 Å². The number of nitrogens with one attached hydrogen (secondary N) is 2. The van der Waals surface area contributed by atoms with Gasteiger partial charge in [-0.1, -0.05) is 36.4 Å². The number of rotatable bonds is 7. The number of hydrogen-bond acceptors (Lipinski definition) is 3. The molecule has 0 saturated carbocycles. The number of hydrogen-bond donors (Lipinski definition) is 2. The molecule has 0 spiro atoms. The average Bonchev–Trinajstić information content (AvgIpc) is 2.52. The van der Waals surface area contributed by atoms with Crippen molar-refractivity contribution in [3.8, 4) is 0 Å². The standard InChI is InChI=1S/C16H19N3O.ClH/c20-16(15-9-4-5-11-18-15)19-12-6-10-17-13-14-7-2-1-3-8-14;/h1-5,7-9,11,17H,6,10,12-13H2,(H,19,20);1H/p-1. The lowest BCUT2D eigenvalue weighted by Crippen LogP contribution is -3.00. The fraction of sp³-hybridized carbons (Fsp3) is 0.250. The minimum atomic E-state index is -0.117. The molecule has 0 bridgehead atoms. The third-order valence-corrected chi connectivity index (χ3v) is 2.89. The van der Waals surface area contributed by atoms with Gasteiger partial charge in [0.1, 0.15) is 5.69 Å². The lowest BCUT2D eigenvalue weighted by molar-refractivity contribution is -0.0000125. The first-order valence-electron chi connectivity index (χ1n) is 6.80. The zero-order chi connectivity index (χ0) is 14.0. The van der Waals surface area contributed by atoms with Gasteiger partial charge in [-0.05, 0) is 30.7 Å². The van der Waals surface area contributed by atoms with E-state index < -0.39 is 0 Å². The second-order valence-corrected chi connectivity index (χ2v) is 4.49. The van der Waals surface area contributed by atoms with Crippen LogP contribution in [0, 0.1) is 0 Å². The van der Waals surface area contributed by atoms with E-state index in [1.807, 2.05) is 24.3 Å². The highest BCUT2D eigenvalue weighted by molar-refractivity contribution is 5.92. The minimum Gasteiger partial charge on any atom is -1.00 e. The van der Waals surface area contributed by atoms with Gasteiger partial charge in [-0.3, -0.25) is 9.78 Å². The first-order chi connectivity index (χ1) is 9.86. The summed E-state index contributed by atoms with van der Waals surface area (Å²) in [4.78, 5) is 15.7. The maximum atomic E-state index is 11.7. The highest BCUT2D eigenvalue weighted by Crippen LogP contribution is 1.97. The molecule has 1 aromatic heterocycles. The smallest absolute Gasteiger partial charge is 0.269 e. The summed E-state index contributed by atoms with van der Waals surface area (Å²) in [5.74, 6) is -0.117. The van der Waals surface area contributed by atoms with E-state index in [0.717, 1.165) is 19.5 Å². The number of benzene rings is 1. The molecule has 0 atom stereocenters. The van der Waals surface area contributed by atoms with Crippen LogP contribution >= 0.6 is 0 Å². The molecule has 0 fully saturated rings. The van der Waals surface area contributed by atoms with Crippen molar-refractivity contribution >= 4 is 5.91 Å². The van der Waals surface area contributed by atoms with Crippen LogP contribution in [0.1, 0.15) is 22.5 Å². The van der Waals surface area contributed by atoms with Gasteiger partial charge in [0.05, 0.1) is 0 Å². The lowest BCUT2D eigenvalue weighted by atomic mass is 10.2. The van der Waals surface area contributed by atoms with Crippen LogP contribution in [0.4, 0.5) is 0 Å². The summed E-state index contributed by atoms with van der Waals surface area (Å²) in [5, 5.41) is 6.20. The maximum Gasteiger partial charge on any atom is 0.269 e. The number of pyridine rings is 1. The van der Waals surface area contributed by atoms with Crippen molar-refractivity contribution in [1.82, 2.24) is 15.6 Å². The van der Waals surface area contributed by atoms with E-state index in [0.29, 0.717) is 12.2 Å². The molecular formula is C16H19ClN3O-. The van der Waals surface area contributed by atoms with Crippen molar-refractivity contribution in [1.29, 1.82) is 0 Å². The topological polar surface area (TPSA) is 54.0 Å². The SMILES string of the molecule is O=C(NCCCNCc1ccccc1)c1ccccn1.[Cl-]. The number of carbonyl (C=O) groups is 1. The second-order valence-electron chi connectivity index (χ2n) is 4.49. The van der Waals surface area contributed by atoms with Gasteiger partial charge in [-0.25, -0.2) is 0 Å². The number of amides is 1. The second kappa shape index (κ2) is 9.91. The number of carbonyl (C=O) groups excluding carboxylic acids is 1. The molecule has 2 aromatic rings. The highest BCUT2D eigenvalue weighted by atomic mass is 35.5. The molecule has 0 unspecified atom stereocenters. The zero-order valence-electron chi connectivity index (χ0n) is 11.8. The molecule has 0 aliphatic heterocycles. The summed E-state index contributed by atoms with van der Waals surface area (Å²) < 4.78 is 0. The van der Waals surface area contributed by atoms with Crippen LogP contribution in [0.5, 0.6) is 0 Å². The molecule has 0 saturated heterocycles. The van der Waals surface area contributed by atoms with Crippen LogP contribution in [0.3, 0.4) is 0 Å². The van der Waals surface area contributed by atoms with E-state index in [2.05, 4.69) is 27.8 Å². The van der Waals surface area contributed by atoms with Gasteiger partial charge >= 0.3 is 0 Å². The van der Waals surface area contributed by atoms with Crippen molar-refractivity contribution in [3.63, 3.8) is 0 Å². The maximum absolute atomic E-state index is 11.7. The van der Waals surface area contributed by atoms with Crippen LogP contribution in [0.25, 0.3) is 0 Å². The molecule has 0 aliphatic rings. The average molecular weight is 305 g/mol. The minimum absolute atomic E-state index is 0. The van der Waals surface area contributed by atoms with Gasteiger partial charge < -0.3 is 23.0 Å². The lowest BCUT2D eigenvalue weighted by Gasteiger charge is -2.06. The van der Waals surface area contributed by atoms with E-state index in [-0.39, 0.29) is 18.3 Å². The Kier molecular flexibility index (Phi) is 8.09. The fourth-order valence-electron chi connectivity index (χ4n) is 1.83. The molecule has 0 radical (unpaired) electrons. The van der Waals surface area contributed by atoms with Crippen molar-refractivity contribution in [2.75, 3.05) is 13.1 Å². The molecule has 1 aromatic carbocycles. The van der Waals surface area contributed by atoms with Gasteiger partial charge in [0.25, 0.3) is 5.91 Å². The molecular weight excluding hydrogens is 286 g/mol. The van der Waals surface area contributed by atoms with Gasteiger partial charge in [0.15, 0.2) is 0 Å². The Morgan fingerprint density at radius 3 is 2.48 bits per heavy atom. The Morgan fingerprint density at radius 2 is 1.76 bits per heavy atom. The Bertz CT molecular complexity index is 520. The molecule has 2 N–H and O–H groups in total. The molecule has 0 aliphatic carbocycles. The summed E-state index contributed by atoms with van der Waals surface area (Å²) >= 11 is 0. The molecule has 4 nitrogen and oxygen atoms in total. The molecule has 112 valence electrons. The van der Waals surface area contributed by atoms with Crippen LogP contribution in [0.2, 0.25) is 0 Å². The van der Waals surface area contributed by atoms with Crippen LogP contribution in [-0.4, -0.2) is 24.0 Å². The predicted molar refractivity (Wildman–Crippen MR) is 79.3 cm³/mol. The van der Waals surface area contributed by atoms with Gasteiger partial charge in [-0.2, -0.15) is 0 Å². The van der Waals surface area contributed by atoms with E-state index in [4.69, 9.17) is 0 Å². The van der Waals surface area contributed by atoms with E-state index in [1.54, 1.807) is 18.3 Å². The fourth-order valence-corrected chi connectivity index (χ4v) is 1.83. The monoisotopic (exact) mass is 304 g/mol. The van der Waals surface area contributed by atoms with Crippen molar-refractivity contribution in [3.05, 3.63) is 66.0 Å². The van der Waals surface area contributed by atoms with Crippen molar-refractivity contribution < 1.29 is 17.2 Å². The normalized spacial score (nSPS) is 9.71. The number of nitrogens with zero attached hydrogens (tertiary/aromatic N) is 1. The Morgan fingerprint density at radius 1 is 1.00 bits per heavy atom. The van der Waals surface area contributed by atoms with Crippen molar-refractivity contribution in [2.45, 2.75) is 13.0 Å².